The third kappa shape index (κ3) is 2.85. The minimum Gasteiger partial charge on any atom is -0.326 e. The van der Waals surface area contributed by atoms with Gasteiger partial charge >= 0.3 is 0 Å². The van der Waals surface area contributed by atoms with Gasteiger partial charge in [0.05, 0.1) is 24.1 Å². The molecule has 2 heterocycles. The van der Waals surface area contributed by atoms with E-state index in [1.165, 1.54) is 0 Å². The van der Waals surface area contributed by atoms with Crippen LogP contribution in [0.1, 0.15) is 19.3 Å². The fourth-order valence-corrected chi connectivity index (χ4v) is 4.33. The molecule has 0 saturated carbocycles. The first-order chi connectivity index (χ1) is 8.53. The van der Waals surface area contributed by atoms with Crippen LogP contribution in [-0.4, -0.2) is 55.9 Å². The van der Waals surface area contributed by atoms with Crippen molar-refractivity contribution in [1.82, 2.24) is 10.2 Å². The van der Waals surface area contributed by atoms with Crippen molar-refractivity contribution >= 4 is 15.7 Å². The standard InChI is InChI=1S/C12H18N2O3S/c1-2-7-14(10-5-8-18(16,17)9-10)12(15)11-4-3-6-13-11/h1,10-11,13H,3-9H2/t10?,11-/m1/s1. The maximum absolute atomic E-state index is 12.3. The highest BCUT2D eigenvalue weighted by molar-refractivity contribution is 7.91. The van der Waals surface area contributed by atoms with E-state index >= 15 is 0 Å². The fraction of sp³-hybridized carbons (Fsp3) is 0.750. The van der Waals surface area contributed by atoms with Gasteiger partial charge in [0.1, 0.15) is 0 Å². The van der Waals surface area contributed by atoms with Crippen LogP contribution in [0.5, 0.6) is 0 Å². The molecule has 0 radical (unpaired) electrons. The summed E-state index contributed by atoms with van der Waals surface area (Å²) in [5.41, 5.74) is 0. The zero-order valence-corrected chi connectivity index (χ0v) is 11.1. The van der Waals surface area contributed by atoms with E-state index in [0.717, 1.165) is 19.4 Å². The first kappa shape index (κ1) is 13.4. The molecule has 0 spiro atoms. The van der Waals surface area contributed by atoms with Gasteiger partial charge in [-0.3, -0.25) is 4.79 Å². The van der Waals surface area contributed by atoms with Crippen LogP contribution < -0.4 is 5.32 Å². The normalized spacial score (nSPS) is 29.9. The Labute approximate surface area is 108 Å². The largest absolute Gasteiger partial charge is 0.326 e. The van der Waals surface area contributed by atoms with E-state index < -0.39 is 9.84 Å². The minimum absolute atomic E-state index is 0.0486. The van der Waals surface area contributed by atoms with Crippen molar-refractivity contribution in [3.63, 3.8) is 0 Å². The lowest BCUT2D eigenvalue weighted by Gasteiger charge is -2.28. The van der Waals surface area contributed by atoms with E-state index in [4.69, 9.17) is 6.42 Å². The van der Waals surface area contributed by atoms with Crippen LogP contribution in [0.2, 0.25) is 0 Å². The predicted octanol–water partition coefficient (Wildman–Crippen LogP) is -0.613. The van der Waals surface area contributed by atoms with Gasteiger partial charge in [0.25, 0.3) is 0 Å². The second-order valence-electron chi connectivity index (χ2n) is 4.88. The summed E-state index contributed by atoms with van der Waals surface area (Å²) >= 11 is 0. The number of hydrogen-bond donors (Lipinski definition) is 1. The summed E-state index contributed by atoms with van der Waals surface area (Å²) < 4.78 is 23.0. The van der Waals surface area contributed by atoms with Crippen molar-refractivity contribution in [1.29, 1.82) is 0 Å². The van der Waals surface area contributed by atoms with Crippen molar-refractivity contribution < 1.29 is 13.2 Å². The van der Waals surface area contributed by atoms with Crippen LogP contribution >= 0.6 is 0 Å². The van der Waals surface area contributed by atoms with Crippen LogP contribution in [0.4, 0.5) is 0 Å². The first-order valence-electron chi connectivity index (χ1n) is 6.21. The Morgan fingerprint density at radius 3 is 2.72 bits per heavy atom. The van der Waals surface area contributed by atoms with Gasteiger partial charge < -0.3 is 10.2 Å². The summed E-state index contributed by atoms with van der Waals surface area (Å²) in [5.74, 6) is 2.62. The Balaban J connectivity index is 2.08. The number of sulfone groups is 1. The Kier molecular flexibility index (Phi) is 3.93. The maximum Gasteiger partial charge on any atom is 0.240 e. The number of nitrogens with zero attached hydrogens (tertiary/aromatic N) is 1. The van der Waals surface area contributed by atoms with Crippen LogP contribution in [0, 0.1) is 12.3 Å². The maximum atomic E-state index is 12.3. The molecule has 2 rings (SSSR count). The smallest absolute Gasteiger partial charge is 0.240 e. The SMILES string of the molecule is C#CCN(C(=O)[C@H]1CCCN1)C1CCS(=O)(=O)C1. The van der Waals surface area contributed by atoms with E-state index in [-0.39, 0.29) is 36.0 Å². The highest BCUT2D eigenvalue weighted by atomic mass is 32.2. The highest BCUT2D eigenvalue weighted by Crippen LogP contribution is 2.20. The van der Waals surface area contributed by atoms with E-state index in [0.29, 0.717) is 6.42 Å². The molecule has 2 aliphatic rings. The monoisotopic (exact) mass is 270 g/mol. The van der Waals surface area contributed by atoms with Crippen molar-refractivity contribution in [2.24, 2.45) is 0 Å². The molecule has 6 heteroatoms. The number of rotatable bonds is 3. The van der Waals surface area contributed by atoms with E-state index in [2.05, 4.69) is 11.2 Å². The van der Waals surface area contributed by atoms with Crippen molar-refractivity contribution in [2.45, 2.75) is 31.3 Å². The van der Waals surface area contributed by atoms with Gasteiger partial charge in [-0.15, -0.1) is 6.42 Å². The Morgan fingerprint density at radius 1 is 1.44 bits per heavy atom. The van der Waals surface area contributed by atoms with Gasteiger partial charge in [0.2, 0.25) is 5.91 Å². The molecule has 0 aliphatic carbocycles. The minimum atomic E-state index is -3.00. The van der Waals surface area contributed by atoms with E-state index in [1.807, 2.05) is 0 Å². The molecule has 1 unspecified atom stereocenters. The molecule has 0 aromatic rings. The average Bonchev–Trinajstić information content (AvgIpc) is 2.94. The second-order valence-corrected chi connectivity index (χ2v) is 7.10. The molecule has 2 fully saturated rings. The van der Waals surface area contributed by atoms with Crippen molar-refractivity contribution in [3.05, 3.63) is 0 Å². The average molecular weight is 270 g/mol. The fourth-order valence-electron chi connectivity index (χ4n) is 2.60. The third-order valence-electron chi connectivity index (χ3n) is 3.55. The molecule has 0 aromatic heterocycles. The third-order valence-corrected chi connectivity index (χ3v) is 5.30. The van der Waals surface area contributed by atoms with Crippen LogP contribution in [0.15, 0.2) is 0 Å². The number of carbonyl (C=O) groups excluding carboxylic acids is 1. The number of terminal acetylenes is 1. The van der Waals surface area contributed by atoms with E-state index in [1.54, 1.807) is 4.90 Å². The summed E-state index contributed by atoms with van der Waals surface area (Å²) in [5, 5.41) is 3.13. The van der Waals surface area contributed by atoms with Gasteiger partial charge in [-0.2, -0.15) is 0 Å². The molecule has 0 bridgehead atoms. The van der Waals surface area contributed by atoms with Crippen LogP contribution in [0.25, 0.3) is 0 Å². The summed E-state index contributed by atoms with van der Waals surface area (Å²) in [4.78, 5) is 13.9. The van der Waals surface area contributed by atoms with Gasteiger partial charge in [-0.25, -0.2) is 8.42 Å². The van der Waals surface area contributed by atoms with Gasteiger partial charge in [-0.1, -0.05) is 5.92 Å². The van der Waals surface area contributed by atoms with Crippen LogP contribution in [-0.2, 0) is 14.6 Å². The summed E-state index contributed by atoms with van der Waals surface area (Å²) in [6.07, 6.45) is 7.57. The Hall–Kier alpha value is -1.06. The predicted molar refractivity (Wildman–Crippen MR) is 68.6 cm³/mol. The Morgan fingerprint density at radius 2 is 2.22 bits per heavy atom. The molecule has 1 N–H and O–H groups in total. The number of amides is 1. The number of carbonyl (C=O) groups is 1. The van der Waals surface area contributed by atoms with Gasteiger partial charge in [-0.05, 0) is 25.8 Å². The van der Waals surface area contributed by atoms with Gasteiger partial charge in [0.15, 0.2) is 9.84 Å². The van der Waals surface area contributed by atoms with Crippen molar-refractivity contribution in [3.8, 4) is 12.3 Å². The first-order valence-corrected chi connectivity index (χ1v) is 8.03. The van der Waals surface area contributed by atoms with Crippen LogP contribution in [0.3, 0.4) is 0 Å². The molecular weight excluding hydrogens is 252 g/mol. The molecule has 2 atom stereocenters. The molecule has 2 saturated heterocycles. The zero-order chi connectivity index (χ0) is 13.2. The molecule has 18 heavy (non-hydrogen) atoms. The Bertz CT molecular complexity index is 460. The molecule has 1 amide bonds. The topological polar surface area (TPSA) is 66.5 Å². The molecule has 0 aromatic carbocycles. The lowest BCUT2D eigenvalue weighted by molar-refractivity contribution is -0.134. The van der Waals surface area contributed by atoms with E-state index in [9.17, 15) is 13.2 Å². The lowest BCUT2D eigenvalue weighted by atomic mass is 10.1. The summed E-state index contributed by atoms with van der Waals surface area (Å²) in [7, 11) is -3.00. The zero-order valence-electron chi connectivity index (χ0n) is 10.3. The molecule has 100 valence electrons. The summed E-state index contributed by atoms with van der Waals surface area (Å²) in [6.45, 7) is 1.03. The second kappa shape index (κ2) is 5.29. The molecular formula is C12H18N2O3S. The van der Waals surface area contributed by atoms with Crippen molar-refractivity contribution in [2.75, 3.05) is 24.6 Å². The quantitative estimate of drug-likeness (QED) is 0.695. The summed E-state index contributed by atoms with van der Waals surface area (Å²) in [6, 6.07) is -0.442. The number of nitrogens with one attached hydrogen (secondary N) is 1. The highest BCUT2D eigenvalue weighted by Gasteiger charge is 2.37. The molecule has 2 aliphatic heterocycles. The lowest BCUT2D eigenvalue weighted by Crippen LogP contribution is -2.49. The van der Waals surface area contributed by atoms with Gasteiger partial charge in [0, 0.05) is 6.04 Å². The molecule has 5 nitrogen and oxygen atoms in total. The number of hydrogen-bond acceptors (Lipinski definition) is 4.